The topological polar surface area (TPSA) is 36.3 Å². The smallest absolute Gasteiger partial charge is 0.143 e. The van der Waals surface area contributed by atoms with Crippen LogP contribution in [-0.2, 0) is 0 Å². The zero-order valence-corrected chi connectivity index (χ0v) is 10.8. The average Bonchev–Trinajstić information content (AvgIpc) is 2.46. The minimum absolute atomic E-state index is 0.102. The molecule has 0 spiro atoms. The van der Waals surface area contributed by atoms with Crippen LogP contribution in [0.2, 0.25) is 0 Å². The van der Waals surface area contributed by atoms with Crippen molar-refractivity contribution in [1.29, 1.82) is 5.26 Å². The zero-order valence-electron chi connectivity index (χ0n) is 10.8. The van der Waals surface area contributed by atoms with Crippen molar-refractivity contribution in [3.8, 4) is 11.8 Å². The molecule has 0 aromatic heterocycles. The Kier molecular flexibility index (Phi) is 2.64. The Morgan fingerprint density at radius 1 is 1.37 bits per heavy atom. The lowest BCUT2D eigenvalue weighted by Crippen LogP contribution is -2.39. The Morgan fingerprint density at radius 2 is 2.16 bits per heavy atom. The van der Waals surface area contributed by atoms with Crippen LogP contribution in [0.1, 0.15) is 6.92 Å². The van der Waals surface area contributed by atoms with E-state index in [1.807, 2.05) is 42.2 Å². The van der Waals surface area contributed by atoms with Gasteiger partial charge in [0.1, 0.15) is 24.1 Å². The number of hydrogen-bond donors (Lipinski definition) is 0. The third-order valence-electron chi connectivity index (χ3n) is 3.45. The molecular formula is C16H14N2O. The molecule has 0 saturated carbocycles. The van der Waals surface area contributed by atoms with Crippen molar-refractivity contribution in [3.05, 3.63) is 48.7 Å². The highest BCUT2D eigenvalue weighted by molar-refractivity contribution is 5.98. The molecule has 0 aliphatic carbocycles. The molecule has 0 radical (unpaired) electrons. The summed E-state index contributed by atoms with van der Waals surface area (Å²) < 4.78 is 5.78. The molecule has 1 aliphatic heterocycles. The van der Waals surface area contributed by atoms with Gasteiger partial charge in [0, 0.05) is 5.39 Å². The maximum Gasteiger partial charge on any atom is 0.143 e. The predicted octanol–water partition coefficient (Wildman–Crippen LogP) is 3.46. The van der Waals surface area contributed by atoms with Crippen LogP contribution in [0.5, 0.6) is 5.75 Å². The summed E-state index contributed by atoms with van der Waals surface area (Å²) in [6, 6.07) is 14.4. The second-order valence-electron chi connectivity index (χ2n) is 4.72. The van der Waals surface area contributed by atoms with Crippen LogP contribution in [0.3, 0.4) is 0 Å². The second-order valence-corrected chi connectivity index (χ2v) is 4.72. The molecule has 3 nitrogen and oxygen atoms in total. The molecule has 19 heavy (non-hydrogen) atoms. The summed E-state index contributed by atoms with van der Waals surface area (Å²) in [5, 5.41) is 11.4. The lowest BCUT2D eigenvalue weighted by Gasteiger charge is -2.36. The molecule has 1 heterocycles. The van der Waals surface area contributed by atoms with Crippen LogP contribution in [0.25, 0.3) is 10.8 Å². The number of hydrogen-bond acceptors (Lipinski definition) is 3. The Morgan fingerprint density at radius 3 is 2.95 bits per heavy atom. The molecular weight excluding hydrogens is 236 g/mol. The summed E-state index contributed by atoms with van der Waals surface area (Å²) in [7, 11) is 0. The summed E-state index contributed by atoms with van der Waals surface area (Å²) in [6.07, 6.45) is 0. The van der Waals surface area contributed by atoms with Gasteiger partial charge in [0.05, 0.1) is 11.7 Å². The lowest BCUT2D eigenvalue weighted by molar-refractivity contribution is 0.277. The first-order chi connectivity index (χ1) is 9.22. The van der Waals surface area contributed by atoms with E-state index in [2.05, 4.69) is 18.7 Å². The fourth-order valence-corrected chi connectivity index (χ4v) is 2.56. The third-order valence-corrected chi connectivity index (χ3v) is 3.45. The van der Waals surface area contributed by atoms with Gasteiger partial charge in [-0.05, 0) is 18.4 Å². The SMILES string of the molecule is C=C(C#N)N1c2c(ccc3ccccc23)OCC1C. The molecule has 2 aromatic rings. The first-order valence-electron chi connectivity index (χ1n) is 6.25. The molecule has 3 rings (SSSR count). The number of benzene rings is 2. The highest BCUT2D eigenvalue weighted by Crippen LogP contribution is 2.41. The van der Waals surface area contributed by atoms with Gasteiger partial charge in [-0.3, -0.25) is 0 Å². The molecule has 0 bridgehead atoms. The summed E-state index contributed by atoms with van der Waals surface area (Å²) in [5.41, 5.74) is 1.40. The van der Waals surface area contributed by atoms with Crippen molar-refractivity contribution in [2.45, 2.75) is 13.0 Å². The summed E-state index contributed by atoms with van der Waals surface area (Å²) >= 11 is 0. The normalized spacial score (nSPS) is 17.5. The molecule has 0 fully saturated rings. The molecule has 0 amide bonds. The van der Waals surface area contributed by atoms with Crippen molar-refractivity contribution >= 4 is 16.5 Å². The fourth-order valence-electron chi connectivity index (χ4n) is 2.56. The number of allylic oxidation sites excluding steroid dienone is 1. The first kappa shape index (κ1) is 11.6. The minimum Gasteiger partial charge on any atom is -0.489 e. The van der Waals surface area contributed by atoms with E-state index >= 15 is 0 Å². The maximum absolute atomic E-state index is 9.17. The van der Waals surface area contributed by atoms with Crippen LogP contribution in [0.15, 0.2) is 48.7 Å². The lowest BCUT2D eigenvalue weighted by atomic mass is 10.0. The average molecular weight is 250 g/mol. The number of rotatable bonds is 1. The number of fused-ring (bicyclic) bond motifs is 3. The van der Waals surface area contributed by atoms with E-state index in [1.54, 1.807) is 0 Å². The number of ether oxygens (including phenoxy) is 1. The van der Waals surface area contributed by atoms with Crippen LogP contribution < -0.4 is 9.64 Å². The van der Waals surface area contributed by atoms with Crippen molar-refractivity contribution in [3.63, 3.8) is 0 Å². The van der Waals surface area contributed by atoms with Crippen LogP contribution in [0.4, 0.5) is 5.69 Å². The first-order valence-corrected chi connectivity index (χ1v) is 6.25. The minimum atomic E-state index is 0.102. The van der Waals surface area contributed by atoms with Crippen molar-refractivity contribution in [2.24, 2.45) is 0 Å². The summed E-state index contributed by atoms with van der Waals surface area (Å²) in [6.45, 7) is 6.46. The van der Waals surface area contributed by atoms with E-state index in [0.717, 1.165) is 22.2 Å². The Hall–Kier alpha value is -2.47. The third kappa shape index (κ3) is 1.73. The maximum atomic E-state index is 9.17. The van der Waals surface area contributed by atoms with Gasteiger partial charge in [-0.15, -0.1) is 0 Å². The van der Waals surface area contributed by atoms with Gasteiger partial charge < -0.3 is 9.64 Å². The highest BCUT2D eigenvalue weighted by atomic mass is 16.5. The number of nitriles is 1. The van der Waals surface area contributed by atoms with Crippen molar-refractivity contribution in [2.75, 3.05) is 11.5 Å². The molecule has 1 unspecified atom stereocenters. The Bertz CT molecular complexity index is 699. The molecule has 0 N–H and O–H groups in total. The van der Waals surface area contributed by atoms with E-state index < -0.39 is 0 Å². The zero-order chi connectivity index (χ0) is 13.4. The standard InChI is InChI=1S/C16H14N2O/c1-11(9-17)18-12(2)10-19-15-8-7-13-5-3-4-6-14(13)16(15)18/h3-8,12H,1,10H2,2H3. The molecule has 2 aromatic carbocycles. The number of anilines is 1. The van der Waals surface area contributed by atoms with Gasteiger partial charge in [0.15, 0.2) is 0 Å². The summed E-state index contributed by atoms with van der Waals surface area (Å²) in [4.78, 5) is 1.97. The molecule has 1 aliphatic rings. The van der Waals surface area contributed by atoms with Crippen LogP contribution >= 0.6 is 0 Å². The van der Waals surface area contributed by atoms with Gasteiger partial charge in [-0.2, -0.15) is 5.26 Å². The van der Waals surface area contributed by atoms with Crippen LogP contribution in [0, 0.1) is 11.3 Å². The summed E-state index contributed by atoms with van der Waals surface area (Å²) in [5.74, 6) is 0.813. The van der Waals surface area contributed by atoms with Gasteiger partial charge >= 0.3 is 0 Å². The van der Waals surface area contributed by atoms with E-state index in [-0.39, 0.29) is 6.04 Å². The van der Waals surface area contributed by atoms with E-state index in [1.165, 1.54) is 0 Å². The van der Waals surface area contributed by atoms with Gasteiger partial charge in [-0.1, -0.05) is 36.9 Å². The molecule has 1 atom stereocenters. The fraction of sp³-hybridized carbons (Fsp3) is 0.188. The van der Waals surface area contributed by atoms with Crippen LogP contribution in [-0.4, -0.2) is 12.6 Å². The van der Waals surface area contributed by atoms with E-state index in [9.17, 15) is 5.26 Å². The molecule has 3 heteroatoms. The highest BCUT2D eigenvalue weighted by Gasteiger charge is 2.28. The molecule has 94 valence electrons. The van der Waals surface area contributed by atoms with Crippen molar-refractivity contribution in [1.82, 2.24) is 0 Å². The van der Waals surface area contributed by atoms with Gasteiger partial charge in [0.2, 0.25) is 0 Å². The van der Waals surface area contributed by atoms with E-state index in [0.29, 0.717) is 12.3 Å². The largest absolute Gasteiger partial charge is 0.489 e. The molecule has 0 saturated heterocycles. The second kappa shape index (κ2) is 4.33. The van der Waals surface area contributed by atoms with Crippen molar-refractivity contribution < 1.29 is 4.74 Å². The Balaban J connectivity index is 2.31. The monoisotopic (exact) mass is 250 g/mol. The van der Waals surface area contributed by atoms with E-state index in [4.69, 9.17) is 4.74 Å². The predicted molar refractivity (Wildman–Crippen MR) is 76.1 cm³/mol. The number of nitrogens with zero attached hydrogens (tertiary/aromatic N) is 2. The van der Waals surface area contributed by atoms with Gasteiger partial charge in [-0.25, -0.2) is 0 Å². The van der Waals surface area contributed by atoms with Gasteiger partial charge in [0.25, 0.3) is 0 Å². The Labute approximate surface area is 112 Å². The quantitative estimate of drug-likeness (QED) is 0.727.